The molecule has 0 bridgehead atoms. The Balaban J connectivity index is 1.16. The van der Waals surface area contributed by atoms with Gasteiger partial charge in [-0.2, -0.15) is 11.8 Å². The number of nitrogens with one attached hydrogen (secondary N) is 3. The number of benzene rings is 1. The zero-order valence-electron chi connectivity index (χ0n) is 15.4. The summed E-state index contributed by atoms with van der Waals surface area (Å²) in [5.74, 6) is 0.951. The highest BCUT2D eigenvalue weighted by atomic mass is 32.2. The van der Waals surface area contributed by atoms with E-state index in [1.54, 1.807) is 0 Å². The smallest absolute Gasteiger partial charge is 0.315 e. The third-order valence-corrected chi connectivity index (χ3v) is 7.34. The van der Waals surface area contributed by atoms with Gasteiger partial charge in [0.1, 0.15) is 5.01 Å². The van der Waals surface area contributed by atoms with Crippen molar-refractivity contribution in [3.63, 3.8) is 0 Å². The number of thioether (sulfide) groups is 1. The van der Waals surface area contributed by atoms with Crippen LogP contribution in [-0.4, -0.2) is 45.2 Å². The molecule has 0 aliphatic carbocycles. The number of urea groups is 1. The van der Waals surface area contributed by atoms with E-state index in [1.165, 1.54) is 16.9 Å². The zero-order chi connectivity index (χ0) is 19.3. The summed E-state index contributed by atoms with van der Waals surface area (Å²) in [5, 5.41) is 18.9. The Kier molecular flexibility index (Phi) is 6.11. The maximum Gasteiger partial charge on any atom is 0.315 e. The first-order valence-corrected chi connectivity index (χ1v) is 11.4. The van der Waals surface area contributed by atoms with Crippen molar-refractivity contribution < 1.29 is 9.59 Å². The topological polar surface area (TPSA) is 96.0 Å². The van der Waals surface area contributed by atoms with Crippen molar-refractivity contribution in [1.29, 1.82) is 0 Å². The number of unbranched alkanes of at least 4 members (excludes halogenated alkanes) is 1. The average Bonchev–Trinajstić information content (AvgIpc) is 3.36. The fourth-order valence-corrected chi connectivity index (χ4v) is 5.94. The molecule has 148 valence electrons. The van der Waals surface area contributed by atoms with Gasteiger partial charge in [0.2, 0.25) is 11.0 Å². The number of carbonyl (C=O) groups is 2. The number of carbonyl (C=O) groups excluding carboxylic acids is 2. The van der Waals surface area contributed by atoms with Crippen molar-refractivity contribution in [1.82, 2.24) is 20.8 Å². The highest BCUT2D eigenvalue weighted by Gasteiger charge is 2.42. The lowest BCUT2D eigenvalue weighted by atomic mass is 10.0. The van der Waals surface area contributed by atoms with Gasteiger partial charge in [0.05, 0.1) is 12.1 Å². The van der Waals surface area contributed by atoms with Crippen LogP contribution in [0.5, 0.6) is 0 Å². The van der Waals surface area contributed by atoms with E-state index < -0.39 is 0 Å². The van der Waals surface area contributed by atoms with E-state index in [-0.39, 0.29) is 24.0 Å². The molecule has 9 heteroatoms. The van der Waals surface area contributed by atoms with Gasteiger partial charge in [-0.25, -0.2) is 4.79 Å². The van der Waals surface area contributed by atoms with Crippen molar-refractivity contribution in [3.8, 4) is 0 Å². The molecule has 0 saturated carbocycles. The summed E-state index contributed by atoms with van der Waals surface area (Å²) in [7, 11) is 0. The summed E-state index contributed by atoms with van der Waals surface area (Å²) in [4.78, 5) is 23.6. The quantitative estimate of drug-likeness (QED) is 0.453. The summed E-state index contributed by atoms with van der Waals surface area (Å²) in [5.41, 5.74) is 1.18. The molecule has 3 heterocycles. The summed E-state index contributed by atoms with van der Waals surface area (Å²) < 4.78 is 0. The number of aromatic nitrogens is 2. The molecule has 7 nitrogen and oxygen atoms in total. The number of fused-ring (bicyclic) bond motifs is 1. The lowest BCUT2D eigenvalue weighted by molar-refractivity contribution is -0.116. The molecule has 2 aliphatic rings. The molecule has 2 aromatic rings. The number of amides is 3. The fraction of sp³-hybridized carbons (Fsp3) is 0.474. The van der Waals surface area contributed by atoms with Gasteiger partial charge in [-0.3, -0.25) is 4.79 Å². The number of nitrogens with zero attached hydrogens (tertiary/aromatic N) is 2. The van der Waals surface area contributed by atoms with E-state index in [0.717, 1.165) is 36.4 Å². The maximum absolute atomic E-state index is 12.2. The highest BCUT2D eigenvalue weighted by Crippen LogP contribution is 2.33. The lowest BCUT2D eigenvalue weighted by Gasteiger charge is -2.16. The first-order valence-electron chi connectivity index (χ1n) is 9.52. The number of hydrogen-bond donors (Lipinski definition) is 3. The largest absolute Gasteiger partial charge is 0.332 e. The van der Waals surface area contributed by atoms with Crippen LogP contribution in [0.3, 0.4) is 0 Å². The van der Waals surface area contributed by atoms with Crippen LogP contribution in [-0.2, 0) is 11.2 Å². The van der Waals surface area contributed by atoms with E-state index in [1.807, 2.05) is 30.0 Å². The molecule has 4 rings (SSSR count). The van der Waals surface area contributed by atoms with E-state index >= 15 is 0 Å². The van der Waals surface area contributed by atoms with Gasteiger partial charge in [-0.05, 0) is 18.4 Å². The van der Waals surface area contributed by atoms with Crippen molar-refractivity contribution in [3.05, 3.63) is 40.9 Å². The predicted molar refractivity (Wildman–Crippen MR) is 112 cm³/mol. The summed E-state index contributed by atoms with van der Waals surface area (Å²) in [6, 6.07) is 10.5. The minimum Gasteiger partial charge on any atom is -0.332 e. The molecular formula is C19H23N5O2S2. The molecule has 3 amide bonds. The zero-order valence-corrected chi connectivity index (χ0v) is 17.0. The SMILES string of the molecule is O=C(CCCC[C@@H]1SC[C@H]2NC(=O)N[C@H]12)Nc1nnc(Cc2ccccc2)s1. The molecule has 28 heavy (non-hydrogen) atoms. The Morgan fingerprint density at radius 2 is 2.04 bits per heavy atom. The minimum absolute atomic E-state index is 0.0183. The molecule has 2 saturated heterocycles. The molecule has 0 unspecified atom stereocenters. The summed E-state index contributed by atoms with van der Waals surface area (Å²) in [6.07, 6.45) is 4.02. The third kappa shape index (κ3) is 4.82. The van der Waals surface area contributed by atoms with Crippen molar-refractivity contribution in [2.75, 3.05) is 11.1 Å². The summed E-state index contributed by atoms with van der Waals surface area (Å²) in [6.45, 7) is 0. The molecule has 2 fully saturated rings. The van der Waals surface area contributed by atoms with Crippen LogP contribution >= 0.6 is 23.1 Å². The van der Waals surface area contributed by atoms with Gasteiger partial charge in [-0.1, -0.05) is 48.1 Å². The van der Waals surface area contributed by atoms with Crippen molar-refractivity contribution in [2.24, 2.45) is 0 Å². The van der Waals surface area contributed by atoms with E-state index in [9.17, 15) is 9.59 Å². The Morgan fingerprint density at radius 1 is 1.18 bits per heavy atom. The Morgan fingerprint density at radius 3 is 2.89 bits per heavy atom. The molecule has 2 aliphatic heterocycles. The van der Waals surface area contributed by atoms with E-state index in [2.05, 4.69) is 38.3 Å². The number of anilines is 1. The average molecular weight is 418 g/mol. The Hall–Kier alpha value is -2.13. The standard InChI is InChI=1S/C19H23N5O2S2/c25-15(9-5-4-8-14-17-13(11-27-14)20-18(26)22-17)21-19-24-23-16(28-19)10-12-6-2-1-3-7-12/h1-3,6-7,13-14,17H,4-5,8-11H2,(H2,20,22,26)(H,21,24,25)/t13-,14+,17+/m1/s1. The second-order valence-electron chi connectivity index (χ2n) is 7.08. The van der Waals surface area contributed by atoms with Gasteiger partial charge < -0.3 is 16.0 Å². The highest BCUT2D eigenvalue weighted by molar-refractivity contribution is 8.00. The molecule has 1 aromatic heterocycles. The van der Waals surface area contributed by atoms with Gasteiger partial charge in [0, 0.05) is 23.8 Å². The van der Waals surface area contributed by atoms with Crippen molar-refractivity contribution >= 4 is 40.2 Å². The van der Waals surface area contributed by atoms with Gasteiger partial charge in [-0.15, -0.1) is 10.2 Å². The lowest BCUT2D eigenvalue weighted by Crippen LogP contribution is -2.36. The summed E-state index contributed by atoms with van der Waals surface area (Å²) >= 11 is 3.33. The van der Waals surface area contributed by atoms with Crippen LogP contribution in [0.4, 0.5) is 9.93 Å². The predicted octanol–water partition coefficient (Wildman–Crippen LogP) is 2.79. The monoisotopic (exact) mass is 417 g/mol. The number of rotatable bonds is 8. The van der Waals surface area contributed by atoms with E-state index in [0.29, 0.717) is 16.8 Å². The van der Waals surface area contributed by atoms with Crippen LogP contribution in [0.25, 0.3) is 0 Å². The first-order chi connectivity index (χ1) is 13.7. The van der Waals surface area contributed by atoms with Crippen LogP contribution < -0.4 is 16.0 Å². The van der Waals surface area contributed by atoms with Gasteiger partial charge in [0.15, 0.2) is 0 Å². The second-order valence-corrected chi connectivity index (χ2v) is 9.41. The molecule has 0 spiro atoms. The molecule has 3 N–H and O–H groups in total. The third-order valence-electron chi connectivity index (χ3n) is 4.99. The number of hydrogen-bond acceptors (Lipinski definition) is 6. The second kappa shape index (κ2) is 8.91. The first kappa shape index (κ1) is 19.2. The minimum atomic E-state index is -0.0524. The maximum atomic E-state index is 12.2. The molecule has 1 aromatic carbocycles. The molecule has 3 atom stereocenters. The van der Waals surface area contributed by atoms with Crippen LogP contribution in [0, 0.1) is 0 Å². The molecular weight excluding hydrogens is 394 g/mol. The fourth-order valence-electron chi connectivity index (χ4n) is 3.60. The van der Waals surface area contributed by atoms with Crippen LogP contribution in [0.15, 0.2) is 30.3 Å². The van der Waals surface area contributed by atoms with Gasteiger partial charge in [0.25, 0.3) is 0 Å². The molecule has 0 radical (unpaired) electrons. The van der Waals surface area contributed by atoms with Crippen LogP contribution in [0.1, 0.15) is 36.3 Å². The van der Waals surface area contributed by atoms with E-state index in [4.69, 9.17) is 0 Å². The normalized spacial score (nSPS) is 23.1. The Bertz CT molecular complexity index is 829. The Labute approximate surface area is 172 Å². The van der Waals surface area contributed by atoms with Crippen LogP contribution in [0.2, 0.25) is 0 Å². The van der Waals surface area contributed by atoms with Crippen molar-refractivity contribution in [2.45, 2.75) is 49.4 Å². The van der Waals surface area contributed by atoms with Gasteiger partial charge >= 0.3 is 6.03 Å².